The second-order valence-electron chi connectivity index (χ2n) is 5.84. The average molecular weight is 395 g/mol. The van der Waals surface area contributed by atoms with Gasteiger partial charge < -0.3 is 4.90 Å². The molecular weight excluding hydrogens is 378 g/mol. The smallest absolute Gasteiger partial charge is 0.332 e. The third kappa shape index (κ3) is 2.86. The van der Waals surface area contributed by atoms with Crippen LogP contribution in [0.2, 0.25) is 0 Å². The summed E-state index contributed by atoms with van der Waals surface area (Å²) in [7, 11) is -0.734. The van der Waals surface area contributed by atoms with Crippen molar-refractivity contribution in [3.8, 4) is 6.07 Å². The molecule has 0 atom stereocenters. The largest absolute Gasteiger partial charge is 0.354 e. The van der Waals surface area contributed by atoms with Crippen LogP contribution in [0.15, 0.2) is 31.3 Å². The van der Waals surface area contributed by atoms with Crippen LogP contribution in [0.5, 0.6) is 0 Å². The van der Waals surface area contributed by atoms with Crippen LogP contribution >= 0.6 is 11.3 Å². The molecule has 1 fully saturated rings. The zero-order valence-electron chi connectivity index (χ0n) is 14.2. The number of piperazine rings is 1. The molecule has 9 nitrogen and oxygen atoms in total. The van der Waals surface area contributed by atoms with Gasteiger partial charge >= 0.3 is 5.69 Å². The number of hydrogen-bond acceptors (Lipinski definition) is 7. The minimum Gasteiger partial charge on any atom is -0.354 e. The molecule has 0 bridgehead atoms. The summed E-state index contributed by atoms with van der Waals surface area (Å²) in [6, 6.07) is 5.11. The molecule has 0 aliphatic carbocycles. The van der Waals surface area contributed by atoms with Gasteiger partial charge in [0.2, 0.25) is 0 Å². The Bertz CT molecular complexity index is 1080. The molecule has 1 saturated heterocycles. The van der Waals surface area contributed by atoms with Crippen molar-refractivity contribution in [2.24, 2.45) is 14.1 Å². The van der Waals surface area contributed by atoms with E-state index in [4.69, 9.17) is 0 Å². The van der Waals surface area contributed by atoms with Gasteiger partial charge in [0, 0.05) is 40.3 Å². The van der Waals surface area contributed by atoms with E-state index in [1.54, 1.807) is 22.4 Å². The fourth-order valence-corrected chi connectivity index (χ4v) is 5.55. The summed E-state index contributed by atoms with van der Waals surface area (Å²) in [6.07, 6.45) is 0. The second-order valence-corrected chi connectivity index (χ2v) is 8.95. The number of nitrogens with zero attached hydrogens (tertiary/aromatic N) is 5. The van der Waals surface area contributed by atoms with Crippen molar-refractivity contribution in [3.63, 3.8) is 0 Å². The molecule has 3 heterocycles. The van der Waals surface area contributed by atoms with Gasteiger partial charge in [0.05, 0.1) is 0 Å². The topological polar surface area (TPSA) is 108 Å². The lowest BCUT2D eigenvalue weighted by atomic mass is 10.2. The number of hydrogen-bond donors (Lipinski definition) is 0. The van der Waals surface area contributed by atoms with Crippen LogP contribution in [0, 0.1) is 11.3 Å². The summed E-state index contributed by atoms with van der Waals surface area (Å²) in [4.78, 5) is 26.1. The van der Waals surface area contributed by atoms with Crippen molar-refractivity contribution in [1.82, 2.24) is 13.4 Å². The molecule has 1 aliphatic rings. The molecule has 138 valence electrons. The standard InChI is InChI=1S/C15H17N5O4S2/c1-17-13(11(10-16)14(21)18(2)15(17)22)19-5-7-20(8-6-19)26(23,24)12-4-3-9-25-12/h3-4,9H,5-8H2,1-2H3. The van der Waals surface area contributed by atoms with Gasteiger partial charge in [0.25, 0.3) is 15.6 Å². The Balaban J connectivity index is 1.92. The van der Waals surface area contributed by atoms with Gasteiger partial charge in [0.1, 0.15) is 16.1 Å². The molecule has 3 rings (SSSR count). The number of nitriles is 1. The van der Waals surface area contributed by atoms with Crippen molar-refractivity contribution in [1.29, 1.82) is 5.26 Å². The highest BCUT2D eigenvalue weighted by Crippen LogP contribution is 2.24. The lowest BCUT2D eigenvalue weighted by molar-refractivity contribution is 0.382. The average Bonchev–Trinajstić information content (AvgIpc) is 3.18. The van der Waals surface area contributed by atoms with Crippen LogP contribution in [0.4, 0.5) is 5.82 Å². The zero-order valence-corrected chi connectivity index (χ0v) is 15.9. The molecule has 11 heteroatoms. The molecule has 0 aromatic carbocycles. The first-order chi connectivity index (χ1) is 12.3. The van der Waals surface area contributed by atoms with Gasteiger partial charge in [-0.25, -0.2) is 13.2 Å². The lowest BCUT2D eigenvalue weighted by Crippen LogP contribution is -2.51. The van der Waals surface area contributed by atoms with Crippen LogP contribution in [-0.4, -0.2) is 48.0 Å². The Labute approximate surface area is 154 Å². The molecule has 2 aromatic heterocycles. The minimum absolute atomic E-state index is 0.121. The first kappa shape index (κ1) is 18.4. The third-order valence-corrected chi connectivity index (χ3v) is 7.64. The predicted octanol–water partition coefficient (Wildman–Crippen LogP) is -0.472. The van der Waals surface area contributed by atoms with Crippen molar-refractivity contribution in [3.05, 3.63) is 43.9 Å². The van der Waals surface area contributed by atoms with E-state index in [2.05, 4.69) is 0 Å². The quantitative estimate of drug-likeness (QED) is 0.695. The van der Waals surface area contributed by atoms with Gasteiger partial charge in [-0.05, 0) is 11.4 Å². The van der Waals surface area contributed by atoms with Gasteiger partial charge in [0.15, 0.2) is 5.56 Å². The first-order valence-corrected chi connectivity index (χ1v) is 10.1. The summed E-state index contributed by atoms with van der Waals surface area (Å²) in [5.41, 5.74) is -1.30. The van der Waals surface area contributed by atoms with Crippen molar-refractivity contribution >= 4 is 27.2 Å². The van der Waals surface area contributed by atoms with Gasteiger partial charge in [-0.1, -0.05) is 6.07 Å². The molecule has 2 aromatic rings. The molecule has 1 aliphatic heterocycles. The molecular formula is C15H17N5O4S2. The van der Waals surface area contributed by atoms with E-state index >= 15 is 0 Å². The van der Waals surface area contributed by atoms with Crippen LogP contribution in [0.1, 0.15) is 5.56 Å². The van der Waals surface area contributed by atoms with E-state index in [9.17, 15) is 23.3 Å². The zero-order chi connectivity index (χ0) is 19.1. The normalized spacial score (nSPS) is 15.8. The number of sulfonamides is 1. The Morgan fingerprint density at radius 2 is 1.77 bits per heavy atom. The van der Waals surface area contributed by atoms with Crippen molar-refractivity contribution < 1.29 is 8.42 Å². The van der Waals surface area contributed by atoms with Crippen LogP contribution in [0.3, 0.4) is 0 Å². The number of rotatable bonds is 3. The molecule has 0 amide bonds. The van der Waals surface area contributed by atoms with E-state index < -0.39 is 21.3 Å². The number of aromatic nitrogens is 2. The molecule has 0 unspecified atom stereocenters. The third-order valence-electron chi connectivity index (χ3n) is 4.37. The van der Waals surface area contributed by atoms with Crippen molar-refractivity contribution in [2.75, 3.05) is 31.1 Å². The fourth-order valence-electron chi connectivity index (χ4n) is 2.98. The summed E-state index contributed by atoms with van der Waals surface area (Å²) in [5.74, 6) is 0.230. The second kappa shape index (κ2) is 6.71. The Morgan fingerprint density at radius 3 is 2.31 bits per heavy atom. The Hall–Kier alpha value is -2.42. The van der Waals surface area contributed by atoms with Crippen LogP contribution in [0.25, 0.3) is 0 Å². The number of anilines is 1. The summed E-state index contributed by atoms with van der Waals surface area (Å²) >= 11 is 1.16. The maximum absolute atomic E-state index is 12.6. The van der Waals surface area contributed by atoms with E-state index in [0.717, 1.165) is 15.9 Å². The van der Waals surface area contributed by atoms with E-state index in [1.807, 2.05) is 6.07 Å². The highest BCUT2D eigenvalue weighted by molar-refractivity contribution is 7.91. The maximum atomic E-state index is 12.6. The van der Waals surface area contributed by atoms with Gasteiger partial charge in [-0.2, -0.15) is 9.57 Å². The Kier molecular flexibility index (Phi) is 4.74. The first-order valence-electron chi connectivity index (χ1n) is 7.77. The van der Waals surface area contributed by atoms with Gasteiger partial charge in [-0.15, -0.1) is 11.3 Å². The van der Waals surface area contributed by atoms with E-state index in [0.29, 0.717) is 0 Å². The van der Waals surface area contributed by atoms with Crippen LogP contribution in [-0.2, 0) is 24.1 Å². The maximum Gasteiger partial charge on any atom is 0.332 e. The van der Waals surface area contributed by atoms with Crippen molar-refractivity contribution in [2.45, 2.75) is 4.21 Å². The highest BCUT2D eigenvalue weighted by atomic mass is 32.2. The lowest BCUT2D eigenvalue weighted by Gasteiger charge is -2.35. The highest BCUT2D eigenvalue weighted by Gasteiger charge is 2.31. The molecule has 26 heavy (non-hydrogen) atoms. The van der Waals surface area contributed by atoms with E-state index in [-0.39, 0.29) is 41.8 Å². The molecule has 0 spiro atoms. The molecule has 0 saturated carbocycles. The Morgan fingerprint density at radius 1 is 1.12 bits per heavy atom. The van der Waals surface area contributed by atoms with Gasteiger partial charge in [-0.3, -0.25) is 13.9 Å². The fraction of sp³-hybridized carbons (Fsp3) is 0.400. The summed E-state index contributed by atoms with van der Waals surface area (Å²) in [5, 5.41) is 11.1. The van der Waals surface area contributed by atoms with E-state index in [1.165, 1.54) is 23.0 Å². The monoisotopic (exact) mass is 395 g/mol. The summed E-state index contributed by atoms with van der Waals surface area (Å²) in [6.45, 7) is 0.961. The SMILES string of the molecule is Cn1c(N2CCN(S(=O)(=O)c3cccs3)CC2)c(C#N)c(=O)n(C)c1=O. The minimum atomic E-state index is -3.55. The molecule has 0 N–H and O–H groups in total. The van der Waals surface area contributed by atoms with Crippen LogP contribution < -0.4 is 16.1 Å². The summed E-state index contributed by atoms with van der Waals surface area (Å²) < 4.78 is 29.0. The predicted molar refractivity (Wildman–Crippen MR) is 96.9 cm³/mol. The molecule has 0 radical (unpaired) electrons. The number of thiophene rings is 1.